The van der Waals surface area contributed by atoms with Gasteiger partial charge in [0.2, 0.25) is 0 Å². The fourth-order valence-electron chi connectivity index (χ4n) is 1.96. The van der Waals surface area contributed by atoms with Crippen LogP contribution >= 0.6 is 0 Å². The van der Waals surface area contributed by atoms with E-state index >= 15 is 0 Å². The lowest BCUT2D eigenvalue weighted by Crippen LogP contribution is -2.11. The van der Waals surface area contributed by atoms with E-state index in [9.17, 15) is 0 Å². The highest BCUT2D eigenvalue weighted by Crippen LogP contribution is 2.22. The molecule has 0 saturated carbocycles. The summed E-state index contributed by atoms with van der Waals surface area (Å²) in [7, 11) is 0. The molecule has 0 fully saturated rings. The van der Waals surface area contributed by atoms with E-state index in [1.165, 1.54) is 0 Å². The molecule has 0 aliphatic rings. The predicted molar refractivity (Wildman–Crippen MR) is 70.0 cm³/mol. The molecule has 0 heterocycles. The minimum atomic E-state index is 0.330. The Morgan fingerprint density at radius 2 is 1.89 bits per heavy atom. The lowest BCUT2D eigenvalue weighted by molar-refractivity contribution is 0.238. The van der Waals surface area contributed by atoms with Crippen LogP contribution in [0.4, 0.5) is 0 Å². The van der Waals surface area contributed by atoms with Crippen LogP contribution in [0.5, 0.6) is 5.75 Å². The summed E-state index contributed by atoms with van der Waals surface area (Å²) < 4.78 is 5.66. The van der Waals surface area contributed by atoms with Crippen molar-refractivity contribution in [3.8, 4) is 17.9 Å². The molecule has 3 nitrogen and oxygen atoms in total. The van der Waals surface area contributed by atoms with Crippen molar-refractivity contribution in [2.45, 2.75) is 27.2 Å². The topological polar surface area (TPSA) is 56.8 Å². The van der Waals surface area contributed by atoms with E-state index in [-0.39, 0.29) is 0 Å². The first kappa shape index (κ1) is 14.1. The van der Waals surface area contributed by atoms with Crippen molar-refractivity contribution in [2.75, 3.05) is 6.61 Å². The van der Waals surface area contributed by atoms with E-state index < -0.39 is 0 Å². The van der Waals surface area contributed by atoms with Gasteiger partial charge >= 0.3 is 0 Å². The quantitative estimate of drug-likeness (QED) is 0.794. The molecule has 18 heavy (non-hydrogen) atoms. The van der Waals surface area contributed by atoms with Crippen LogP contribution < -0.4 is 4.74 Å². The van der Waals surface area contributed by atoms with Gasteiger partial charge < -0.3 is 4.74 Å². The number of rotatable bonds is 5. The molecule has 1 aromatic carbocycles. The lowest BCUT2D eigenvalue weighted by Gasteiger charge is -2.15. The fraction of sp³-hybridized carbons (Fsp3) is 0.467. The van der Waals surface area contributed by atoms with E-state index in [2.05, 4.69) is 20.8 Å². The number of nitrogens with zero attached hydrogens (tertiary/aromatic N) is 2. The van der Waals surface area contributed by atoms with Gasteiger partial charge in [-0.2, -0.15) is 10.5 Å². The summed E-state index contributed by atoms with van der Waals surface area (Å²) in [6.45, 7) is 7.04. The summed E-state index contributed by atoms with van der Waals surface area (Å²) in [5.74, 6) is 1.57. The highest BCUT2D eigenvalue weighted by molar-refractivity contribution is 5.53. The molecule has 0 saturated heterocycles. The number of hydrogen-bond donors (Lipinski definition) is 0. The van der Waals surface area contributed by atoms with Crippen molar-refractivity contribution < 1.29 is 4.74 Å². The SMILES string of the molecule is CC(C)C[C@H](C)COc1cccc(C#N)c1C#N. The Labute approximate surface area is 109 Å². The van der Waals surface area contributed by atoms with Gasteiger partial charge in [0.1, 0.15) is 23.5 Å². The number of hydrogen-bond acceptors (Lipinski definition) is 3. The molecule has 0 spiro atoms. The van der Waals surface area contributed by atoms with Crippen molar-refractivity contribution in [1.82, 2.24) is 0 Å². The van der Waals surface area contributed by atoms with E-state index in [0.29, 0.717) is 35.3 Å². The van der Waals surface area contributed by atoms with E-state index in [0.717, 1.165) is 6.42 Å². The second kappa shape index (κ2) is 6.67. The van der Waals surface area contributed by atoms with Crippen molar-refractivity contribution in [2.24, 2.45) is 11.8 Å². The largest absolute Gasteiger partial charge is 0.492 e. The first-order chi connectivity index (χ1) is 8.58. The summed E-state index contributed by atoms with van der Waals surface area (Å²) in [4.78, 5) is 0. The second-order valence-corrected chi connectivity index (χ2v) is 4.95. The Kier molecular flexibility index (Phi) is 5.21. The zero-order valence-corrected chi connectivity index (χ0v) is 11.1. The normalized spacial score (nSPS) is 11.7. The Balaban J connectivity index is 2.75. The molecule has 3 heteroatoms. The van der Waals surface area contributed by atoms with Crippen molar-refractivity contribution in [3.05, 3.63) is 29.3 Å². The van der Waals surface area contributed by atoms with Gasteiger partial charge in [0, 0.05) is 0 Å². The second-order valence-electron chi connectivity index (χ2n) is 4.95. The van der Waals surface area contributed by atoms with Crippen LogP contribution in [0.1, 0.15) is 38.3 Å². The Hall–Kier alpha value is -2.00. The van der Waals surface area contributed by atoms with E-state index in [1.807, 2.05) is 12.1 Å². The molecule has 94 valence electrons. The summed E-state index contributed by atoms with van der Waals surface area (Å²) >= 11 is 0. The number of nitriles is 2. The van der Waals surface area contributed by atoms with Crippen molar-refractivity contribution in [3.63, 3.8) is 0 Å². The standard InChI is InChI=1S/C15H18N2O/c1-11(2)7-12(3)10-18-15-6-4-5-13(8-16)14(15)9-17/h4-6,11-12H,7,10H2,1-3H3/t12-/m0/s1. The summed E-state index contributed by atoms with van der Waals surface area (Å²) in [6.07, 6.45) is 1.08. The fourth-order valence-corrected chi connectivity index (χ4v) is 1.96. The van der Waals surface area contributed by atoms with Crippen molar-refractivity contribution in [1.29, 1.82) is 10.5 Å². The zero-order chi connectivity index (χ0) is 13.5. The van der Waals surface area contributed by atoms with Gasteiger partial charge in [-0.05, 0) is 30.4 Å². The average Bonchev–Trinajstić information content (AvgIpc) is 2.34. The van der Waals surface area contributed by atoms with Crippen LogP contribution in [0, 0.1) is 34.5 Å². The minimum Gasteiger partial charge on any atom is -0.492 e. The summed E-state index contributed by atoms with van der Waals surface area (Å²) in [6, 6.07) is 9.14. The molecule has 0 N–H and O–H groups in total. The maximum Gasteiger partial charge on any atom is 0.138 e. The first-order valence-corrected chi connectivity index (χ1v) is 6.14. The maximum atomic E-state index is 9.06. The molecule has 1 rings (SSSR count). The molecule has 0 aliphatic carbocycles. The van der Waals surface area contributed by atoms with Gasteiger partial charge in [0.05, 0.1) is 12.2 Å². The molecule has 0 unspecified atom stereocenters. The predicted octanol–water partition coefficient (Wildman–Crippen LogP) is 3.49. The third-order valence-corrected chi connectivity index (χ3v) is 2.66. The molecule has 0 bridgehead atoms. The zero-order valence-electron chi connectivity index (χ0n) is 11.1. The molecular weight excluding hydrogens is 224 g/mol. The smallest absolute Gasteiger partial charge is 0.138 e. The third-order valence-electron chi connectivity index (χ3n) is 2.66. The molecule has 0 radical (unpaired) electrons. The first-order valence-electron chi connectivity index (χ1n) is 6.14. The van der Waals surface area contributed by atoms with E-state index in [4.69, 9.17) is 15.3 Å². The summed E-state index contributed by atoms with van der Waals surface area (Å²) in [5.41, 5.74) is 0.697. The lowest BCUT2D eigenvalue weighted by atomic mass is 10.00. The van der Waals surface area contributed by atoms with Crippen molar-refractivity contribution >= 4 is 0 Å². The molecule has 1 atom stereocenters. The van der Waals surface area contributed by atoms with Crippen LogP contribution in [0.3, 0.4) is 0 Å². The van der Waals surface area contributed by atoms with Gasteiger partial charge in [-0.15, -0.1) is 0 Å². The summed E-state index contributed by atoms with van der Waals surface area (Å²) in [5, 5.41) is 18.0. The molecular formula is C15H18N2O. The molecule has 0 amide bonds. The van der Waals surface area contributed by atoms with Gasteiger partial charge in [0.25, 0.3) is 0 Å². The Morgan fingerprint density at radius 3 is 2.44 bits per heavy atom. The van der Waals surface area contributed by atoms with Crippen LogP contribution in [0.15, 0.2) is 18.2 Å². The minimum absolute atomic E-state index is 0.330. The average molecular weight is 242 g/mol. The van der Waals surface area contributed by atoms with Crippen LogP contribution in [0.25, 0.3) is 0 Å². The van der Waals surface area contributed by atoms with Gasteiger partial charge in [-0.3, -0.25) is 0 Å². The Bertz CT molecular complexity index is 480. The van der Waals surface area contributed by atoms with Gasteiger partial charge in [0.15, 0.2) is 0 Å². The number of benzene rings is 1. The molecule has 0 aliphatic heterocycles. The van der Waals surface area contributed by atoms with E-state index in [1.54, 1.807) is 18.2 Å². The van der Waals surface area contributed by atoms with Crippen LogP contribution in [-0.2, 0) is 0 Å². The van der Waals surface area contributed by atoms with Crippen LogP contribution in [-0.4, -0.2) is 6.61 Å². The van der Waals surface area contributed by atoms with Gasteiger partial charge in [-0.25, -0.2) is 0 Å². The van der Waals surface area contributed by atoms with Crippen LogP contribution in [0.2, 0.25) is 0 Å². The maximum absolute atomic E-state index is 9.06. The molecule has 1 aromatic rings. The molecule has 0 aromatic heterocycles. The van der Waals surface area contributed by atoms with Gasteiger partial charge in [-0.1, -0.05) is 26.8 Å². The monoisotopic (exact) mass is 242 g/mol. The Morgan fingerprint density at radius 1 is 1.17 bits per heavy atom. The highest BCUT2D eigenvalue weighted by Gasteiger charge is 2.11. The third kappa shape index (κ3) is 3.79. The highest BCUT2D eigenvalue weighted by atomic mass is 16.5. The number of ether oxygens (including phenoxy) is 1.